The van der Waals surface area contributed by atoms with Gasteiger partial charge in [-0.25, -0.2) is 4.98 Å². The summed E-state index contributed by atoms with van der Waals surface area (Å²) >= 11 is 3.38. The normalized spacial score (nSPS) is 18.5. The van der Waals surface area contributed by atoms with Crippen LogP contribution in [0.15, 0.2) is 89.0 Å². The Kier molecular flexibility index (Phi) is 4.79. The summed E-state index contributed by atoms with van der Waals surface area (Å²) in [5.74, 6) is -1.34. The van der Waals surface area contributed by atoms with E-state index in [2.05, 4.69) is 20.9 Å². The van der Waals surface area contributed by atoms with E-state index in [0.717, 1.165) is 4.47 Å². The number of halogens is 1. The Morgan fingerprint density at radius 3 is 2.25 bits per heavy atom. The second-order valence-electron chi connectivity index (χ2n) is 6.28. The average molecular weight is 435 g/mol. The molecule has 4 rings (SSSR count). The highest BCUT2D eigenvalue weighted by Gasteiger charge is 2.47. The van der Waals surface area contributed by atoms with Gasteiger partial charge in [0.1, 0.15) is 11.6 Å². The first-order valence-electron chi connectivity index (χ1n) is 8.61. The lowest BCUT2D eigenvalue weighted by Gasteiger charge is -2.24. The number of aliphatic hydroxyl groups excluding tert-OH is 1. The molecule has 1 saturated heterocycles. The molecule has 3 aromatic rings. The first kappa shape index (κ1) is 18.1. The number of pyridine rings is 1. The van der Waals surface area contributed by atoms with Crippen LogP contribution in [0.3, 0.4) is 0 Å². The van der Waals surface area contributed by atoms with E-state index < -0.39 is 17.7 Å². The molecule has 2 aromatic carbocycles. The van der Waals surface area contributed by atoms with Crippen molar-refractivity contribution < 1.29 is 14.7 Å². The minimum atomic E-state index is -0.775. The van der Waals surface area contributed by atoms with Crippen molar-refractivity contribution in [2.45, 2.75) is 6.04 Å². The lowest BCUT2D eigenvalue weighted by Crippen LogP contribution is -2.30. The Hall–Kier alpha value is -3.25. The smallest absolute Gasteiger partial charge is 0.301 e. The van der Waals surface area contributed by atoms with Crippen LogP contribution < -0.4 is 4.90 Å². The summed E-state index contributed by atoms with van der Waals surface area (Å²) in [4.78, 5) is 31.4. The Labute approximate surface area is 170 Å². The molecule has 1 aromatic heterocycles. The first-order valence-corrected chi connectivity index (χ1v) is 9.40. The van der Waals surface area contributed by atoms with Gasteiger partial charge in [-0.2, -0.15) is 0 Å². The minimum absolute atomic E-state index is 0.0455. The highest BCUT2D eigenvalue weighted by Crippen LogP contribution is 2.41. The maximum atomic E-state index is 12.9. The quantitative estimate of drug-likeness (QED) is 0.375. The summed E-state index contributed by atoms with van der Waals surface area (Å²) in [5, 5.41) is 10.9. The van der Waals surface area contributed by atoms with Crippen molar-refractivity contribution in [2.75, 3.05) is 4.90 Å². The number of rotatable bonds is 3. The Morgan fingerprint density at radius 2 is 1.61 bits per heavy atom. The standard InChI is InChI=1S/C22H15BrN2O3/c23-16-11-12-24-17(13-16)25-19(14-7-3-1-4-8-14)18(21(27)22(25)28)20(26)15-9-5-2-6-10-15/h1-13,19,26H/b20-18-. The molecule has 0 saturated carbocycles. The SMILES string of the molecule is O=C1C(=O)N(c2cc(Br)ccn2)C(c2ccccc2)/C1=C(/O)c1ccccc1. The summed E-state index contributed by atoms with van der Waals surface area (Å²) in [7, 11) is 0. The van der Waals surface area contributed by atoms with E-state index in [9.17, 15) is 14.7 Å². The molecular weight excluding hydrogens is 420 g/mol. The summed E-state index contributed by atoms with van der Waals surface area (Å²) < 4.78 is 0.731. The number of aliphatic hydroxyl groups is 1. The zero-order valence-corrected chi connectivity index (χ0v) is 16.2. The molecule has 0 spiro atoms. The number of benzene rings is 2. The van der Waals surface area contributed by atoms with Crippen LogP contribution in [0.1, 0.15) is 17.2 Å². The molecule has 1 aliphatic heterocycles. The van der Waals surface area contributed by atoms with E-state index >= 15 is 0 Å². The maximum absolute atomic E-state index is 12.9. The number of anilines is 1. The molecule has 1 amide bonds. The van der Waals surface area contributed by atoms with Crippen molar-refractivity contribution in [3.05, 3.63) is 100 Å². The molecule has 0 radical (unpaired) electrons. The third-order valence-corrected chi connectivity index (χ3v) is 5.05. The molecule has 5 nitrogen and oxygen atoms in total. The fourth-order valence-electron chi connectivity index (χ4n) is 3.30. The summed E-state index contributed by atoms with van der Waals surface area (Å²) in [6, 6.07) is 20.5. The molecule has 138 valence electrons. The highest BCUT2D eigenvalue weighted by molar-refractivity contribution is 9.10. The lowest BCUT2D eigenvalue weighted by atomic mass is 9.95. The van der Waals surface area contributed by atoms with Crippen LogP contribution in [-0.4, -0.2) is 21.8 Å². The van der Waals surface area contributed by atoms with Crippen LogP contribution in [-0.2, 0) is 9.59 Å². The van der Waals surface area contributed by atoms with Crippen molar-refractivity contribution >= 4 is 39.2 Å². The average Bonchev–Trinajstić information content (AvgIpc) is 3.00. The number of amides is 1. The van der Waals surface area contributed by atoms with Crippen LogP contribution in [0.25, 0.3) is 5.76 Å². The van der Waals surface area contributed by atoms with Gasteiger partial charge in [0.2, 0.25) is 0 Å². The topological polar surface area (TPSA) is 70.5 Å². The number of Topliss-reactive ketones (excluding diaryl/α,β-unsaturated/α-hetero) is 1. The molecule has 6 heteroatoms. The highest BCUT2D eigenvalue weighted by atomic mass is 79.9. The Morgan fingerprint density at radius 1 is 0.964 bits per heavy atom. The third-order valence-electron chi connectivity index (χ3n) is 4.56. The van der Waals surface area contributed by atoms with Gasteiger partial charge in [-0.15, -0.1) is 0 Å². The molecule has 1 unspecified atom stereocenters. The second-order valence-corrected chi connectivity index (χ2v) is 7.19. The fourth-order valence-corrected chi connectivity index (χ4v) is 3.62. The van der Waals surface area contributed by atoms with Gasteiger partial charge in [-0.3, -0.25) is 14.5 Å². The van der Waals surface area contributed by atoms with E-state index in [-0.39, 0.29) is 11.3 Å². The van der Waals surface area contributed by atoms with Gasteiger partial charge in [0.25, 0.3) is 5.78 Å². The van der Waals surface area contributed by atoms with E-state index in [4.69, 9.17) is 0 Å². The van der Waals surface area contributed by atoms with E-state index in [1.807, 2.05) is 36.4 Å². The van der Waals surface area contributed by atoms with Gasteiger partial charge in [0.05, 0.1) is 11.6 Å². The number of carbonyl (C=O) groups excluding carboxylic acids is 2. The zero-order valence-electron chi connectivity index (χ0n) is 14.6. The fraction of sp³-hybridized carbons (Fsp3) is 0.0455. The van der Waals surface area contributed by atoms with Gasteiger partial charge in [-0.1, -0.05) is 76.6 Å². The number of ketones is 1. The number of hydrogen-bond donors (Lipinski definition) is 1. The largest absolute Gasteiger partial charge is 0.507 e. The molecular formula is C22H15BrN2O3. The summed E-state index contributed by atoms with van der Waals surface area (Å²) in [6.45, 7) is 0. The molecule has 1 atom stereocenters. The minimum Gasteiger partial charge on any atom is -0.507 e. The van der Waals surface area contributed by atoms with E-state index in [0.29, 0.717) is 16.9 Å². The number of nitrogens with zero attached hydrogens (tertiary/aromatic N) is 2. The lowest BCUT2D eigenvalue weighted by molar-refractivity contribution is -0.132. The van der Waals surface area contributed by atoms with Crippen LogP contribution in [0.4, 0.5) is 5.82 Å². The van der Waals surface area contributed by atoms with Crippen molar-refractivity contribution in [2.24, 2.45) is 0 Å². The van der Waals surface area contributed by atoms with E-state index in [1.54, 1.807) is 42.6 Å². The molecule has 1 N–H and O–H groups in total. The number of hydrogen-bond acceptors (Lipinski definition) is 4. The van der Waals surface area contributed by atoms with Gasteiger partial charge in [0.15, 0.2) is 0 Å². The Balaban J connectivity index is 1.95. The summed E-state index contributed by atoms with van der Waals surface area (Å²) in [5.41, 5.74) is 1.23. The monoisotopic (exact) mass is 434 g/mol. The molecule has 1 aliphatic rings. The predicted molar refractivity (Wildman–Crippen MR) is 110 cm³/mol. The number of aromatic nitrogens is 1. The summed E-state index contributed by atoms with van der Waals surface area (Å²) in [6.07, 6.45) is 1.55. The maximum Gasteiger partial charge on any atom is 0.301 e. The number of carbonyl (C=O) groups is 2. The zero-order chi connectivity index (χ0) is 19.7. The van der Waals surface area contributed by atoms with Crippen LogP contribution in [0, 0.1) is 0 Å². The molecule has 1 fully saturated rings. The van der Waals surface area contributed by atoms with E-state index in [1.165, 1.54) is 4.90 Å². The van der Waals surface area contributed by atoms with Gasteiger partial charge in [0, 0.05) is 16.2 Å². The van der Waals surface area contributed by atoms with Crippen molar-refractivity contribution in [1.29, 1.82) is 0 Å². The van der Waals surface area contributed by atoms with Gasteiger partial charge >= 0.3 is 5.91 Å². The van der Waals surface area contributed by atoms with Crippen LogP contribution >= 0.6 is 15.9 Å². The molecule has 0 bridgehead atoms. The van der Waals surface area contributed by atoms with Crippen LogP contribution in [0.2, 0.25) is 0 Å². The van der Waals surface area contributed by atoms with Crippen LogP contribution in [0.5, 0.6) is 0 Å². The van der Waals surface area contributed by atoms with Gasteiger partial charge < -0.3 is 5.11 Å². The molecule has 28 heavy (non-hydrogen) atoms. The van der Waals surface area contributed by atoms with Crippen molar-refractivity contribution in [1.82, 2.24) is 4.98 Å². The second kappa shape index (κ2) is 7.40. The molecule has 2 heterocycles. The third kappa shape index (κ3) is 3.12. The Bertz CT molecular complexity index is 1080. The van der Waals surface area contributed by atoms with Crippen molar-refractivity contribution in [3.63, 3.8) is 0 Å². The predicted octanol–water partition coefficient (Wildman–Crippen LogP) is 4.47. The first-order chi connectivity index (χ1) is 13.6. The van der Waals surface area contributed by atoms with Crippen molar-refractivity contribution in [3.8, 4) is 0 Å². The molecule has 0 aliphatic carbocycles. The van der Waals surface area contributed by atoms with Gasteiger partial charge in [-0.05, 0) is 17.7 Å².